The van der Waals surface area contributed by atoms with Crippen LogP contribution in [0.3, 0.4) is 0 Å². The van der Waals surface area contributed by atoms with Crippen LogP contribution in [-0.4, -0.2) is 145 Å². The van der Waals surface area contributed by atoms with E-state index in [4.69, 9.17) is 32.8 Å². The van der Waals surface area contributed by atoms with Gasteiger partial charge in [0, 0.05) is 17.7 Å². The van der Waals surface area contributed by atoms with Crippen molar-refractivity contribution in [1.29, 1.82) is 0 Å². The largest absolute Gasteiger partial charge is 0.508 e. The predicted octanol–water partition coefficient (Wildman–Crippen LogP) is -1.63. The topological polar surface area (TPSA) is 302 Å². The molecule has 0 saturated carbocycles. The van der Waals surface area contributed by atoms with Gasteiger partial charge in [0.15, 0.2) is 24.6 Å². The zero-order chi connectivity index (χ0) is 39.2. The Balaban J connectivity index is 1.26. The summed E-state index contributed by atoms with van der Waals surface area (Å²) in [6.45, 7) is 1.99. The first-order chi connectivity index (χ1) is 25.7. The highest BCUT2D eigenvalue weighted by Crippen LogP contribution is 2.40. The summed E-state index contributed by atoms with van der Waals surface area (Å²) < 4.78 is 40.3. The van der Waals surface area contributed by atoms with Crippen molar-refractivity contribution in [3.8, 4) is 34.3 Å². The van der Waals surface area contributed by atoms with Crippen LogP contribution >= 0.6 is 0 Å². The van der Waals surface area contributed by atoms with E-state index in [0.717, 1.165) is 12.1 Å². The molecule has 2 aromatic carbocycles. The molecule has 4 heterocycles. The van der Waals surface area contributed by atoms with Gasteiger partial charge in [0.25, 0.3) is 0 Å². The molecule has 3 aliphatic rings. The van der Waals surface area contributed by atoms with Gasteiger partial charge >= 0.3 is 0 Å². The Morgan fingerprint density at radius 2 is 1.35 bits per heavy atom. The lowest BCUT2D eigenvalue weighted by Crippen LogP contribution is -2.65. The van der Waals surface area contributed by atoms with Crippen molar-refractivity contribution in [3.05, 3.63) is 46.6 Å². The van der Waals surface area contributed by atoms with E-state index in [0.29, 0.717) is 12.6 Å². The minimum Gasteiger partial charge on any atom is -0.508 e. The Bertz CT molecular complexity index is 1860. The summed E-state index contributed by atoms with van der Waals surface area (Å²) in [5.74, 6) is -4.80. The molecule has 3 aliphatic heterocycles. The number of rotatable bonds is 10. The number of aliphatic hydroxyl groups excluding tert-OH is 6. The summed E-state index contributed by atoms with van der Waals surface area (Å²) in [4.78, 5) is 39.1. The molecule has 54 heavy (non-hydrogen) atoms. The van der Waals surface area contributed by atoms with Gasteiger partial charge in [-0.05, 0) is 38.1 Å². The molecular weight excluding hydrogens is 724 g/mol. The van der Waals surface area contributed by atoms with Crippen LogP contribution in [0.5, 0.6) is 23.0 Å². The number of phenolic OH excluding ortho intramolecular Hbond substituents is 3. The van der Waals surface area contributed by atoms with Crippen molar-refractivity contribution in [2.45, 2.75) is 93.8 Å². The summed E-state index contributed by atoms with van der Waals surface area (Å²) in [6.07, 6.45) is -19.7. The first-order valence-corrected chi connectivity index (χ1v) is 16.9. The van der Waals surface area contributed by atoms with E-state index in [1.54, 1.807) is 0 Å². The highest BCUT2D eigenvalue weighted by atomic mass is 16.7. The van der Waals surface area contributed by atoms with Gasteiger partial charge in [-0.3, -0.25) is 4.79 Å². The number of aldehydes is 2. The fraction of sp³-hybridized carbons (Fsp3) is 0.514. The number of benzene rings is 2. The molecule has 1 aromatic heterocycles. The van der Waals surface area contributed by atoms with Gasteiger partial charge in [0.05, 0.1) is 30.7 Å². The Morgan fingerprint density at radius 1 is 0.722 bits per heavy atom. The molecule has 0 bridgehead atoms. The SMILES string of the molecule is C[C@@H]1O[C@@H](O)[C@H](O)[C@H](O)[C@H]1O[C@H]1O[C@H](CO)[C@@H](O[C@@H]2O[C@@H](C)[C@H](Oc3c(-c4ccc(O)cc4)oc4cc(O)cc(O)c4c3=O)[C@@H](C=O)[C@H]2C=O)[C@H](O)[C@H]1O. The van der Waals surface area contributed by atoms with Gasteiger partial charge in [-0.1, -0.05) is 0 Å². The van der Waals surface area contributed by atoms with Crippen molar-refractivity contribution in [3.63, 3.8) is 0 Å². The zero-order valence-corrected chi connectivity index (χ0v) is 28.6. The van der Waals surface area contributed by atoms with Crippen LogP contribution in [0.15, 0.2) is 45.6 Å². The summed E-state index contributed by atoms with van der Waals surface area (Å²) >= 11 is 0. The van der Waals surface area contributed by atoms with Gasteiger partial charge < -0.3 is 88.4 Å². The highest BCUT2D eigenvalue weighted by molar-refractivity contribution is 5.88. The zero-order valence-electron chi connectivity index (χ0n) is 28.6. The fourth-order valence-corrected chi connectivity index (χ4v) is 6.88. The number of hydrogen-bond donors (Lipinski definition) is 9. The van der Waals surface area contributed by atoms with Crippen molar-refractivity contribution >= 4 is 23.5 Å². The molecule has 19 heteroatoms. The molecule has 0 unspecified atom stereocenters. The van der Waals surface area contributed by atoms with Gasteiger partial charge in [-0.15, -0.1) is 0 Å². The van der Waals surface area contributed by atoms with E-state index < -0.39 is 121 Å². The molecule has 3 fully saturated rings. The quantitative estimate of drug-likeness (QED) is 0.105. The maximum Gasteiger partial charge on any atom is 0.239 e. The third-order valence-corrected chi connectivity index (χ3v) is 9.76. The van der Waals surface area contributed by atoms with Crippen LogP contribution in [0, 0.1) is 11.8 Å². The molecule has 9 N–H and O–H groups in total. The average Bonchev–Trinajstić information content (AvgIpc) is 3.13. The van der Waals surface area contributed by atoms with Gasteiger partial charge in [0.1, 0.15) is 89.6 Å². The molecule has 19 nitrogen and oxygen atoms in total. The Morgan fingerprint density at radius 3 is 2.00 bits per heavy atom. The Hall–Kier alpha value is -4.25. The molecule has 0 radical (unpaired) electrons. The van der Waals surface area contributed by atoms with Crippen molar-refractivity contribution in [2.75, 3.05) is 6.61 Å². The highest BCUT2D eigenvalue weighted by Gasteiger charge is 2.53. The molecule has 0 aliphatic carbocycles. The minimum absolute atomic E-state index is 0.116. The molecule has 0 spiro atoms. The first kappa shape index (κ1) is 39.4. The van der Waals surface area contributed by atoms with Gasteiger partial charge in [0.2, 0.25) is 11.2 Å². The number of ether oxygens (including phenoxy) is 6. The second kappa shape index (κ2) is 15.8. The Labute approximate surface area is 305 Å². The van der Waals surface area contributed by atoms with Crippen LogP contribution in [-0.2, 0) is 33.3 Å². The van der Waals surface area contributed by atoms with E-state index in [2.05, 4.69) is 0 Å². The maximum absolute atomic E-state index is 13.9. The third kappa shape index (κ3) is 7.28. The number of hydrogen-bond acceptors (Lipinski definition) is 19. The van der Waals surface area contributed by atoms with Crippen molar-refractivity contribution < 1.29 is 88.4 Å². The van der Waals surface area contributed by atoms with E-state index in [9.17, 15) is 60.3 Å². The van der Waals surface area contributed by atoms with Crippen LogP contribution in [0.1, 0.15) is 13.8 Å². The third-order valence-electron chi connectivity index (χ3n) is 9.76. The standard InChI is InChI=1S/C35H40O19/c1-12-28(52-32-23(42)22-19(41)7-16(40)8-20(22)50-30(32)14-3-5-15(39)6-4-14)17(9-36)18(10-37)34(49-12)54-31-21(11-38)51-35(27(46)25(31)44)53-29-13(2)48-33(47)26(45)24(29)43/h3-10,12-13,17-18,21,24-29,31,33-35,38-41,43-47H,11H2,1-2H3/t12-,13-,17-,18+,21+,24-,25+,26+,27+,28-,29-,31+,33+,34-,35+/m0/s1. The molecule has 15 atom stereocenters. The van der Waals surface area contributed by atoms with Gasteiger partial charge in [-0.25, -0.2) is 0 Å². The molecule has 3 aromatic rings. The fourth-order valence-electron chi connectivity index (χ4n) is 6.88. The van der Waals surface area contributed by atoms with E-state index in [-0.39, 0.29) is 28.0 Å². The summed E-state index contributed by atoms with van der Waals surface area (Å²) in [7, 11) is 0. The van der Waals surface area contributed by atoms with E-state index in [1.165, 1.54) is 38.1 Å². The second-order valence-electron chi connectivity index (χ2n) is 13.3. The van der Waals surface area contributed by atoms with Crippen molar-refractivity contribution in [1.82, 2.24) is 0 Å². The first-order valence-electron chi connectivity index (χ1n) is 16.9. The smallest absolute Gasteiger partial charge is 0.239 e. The lowest BCUT2D eigenvalue weighted by atomic mass is 9.83. The summed E-state index contributed by atoms with van der Waals surface area (Å²) in [5.41, 5.74) is -0.926. The van der Waals surface area contributed by atoms with Crippen LogP contribution in [0.2, 0.25) is 0 Å². The maximum atomic E-state index is 13.9. The van der Waals surface area contributed by atoms with Crippen LogP contribution in [0.25, 0.3) is 22.3 Å². The van der Waals surface area contributed by atoms with E-state index >= 15 is 0 Å². The number of aromatic hydroxyl groups is 3. The molecular formula is C35H40O19. The predicted molar refractivity (Wildman–Crippen MR) is 177 cm³/mol. The number of carbonyl (C=O) groups is 2. The number of carbonyl (C=O) groups excluding carboxylic acids is 2. The van der Waals surface area contributed by atoms with E-state index in [1.807, 2.05) is 0 Å². The van der Waals surface area contributed by atoms with Gasteiger partial charge in [-0.2, -0.15) is 0 Å². The molecule has 3 saturated heterocycles. The molecule has 0 amide bonds. The monoisotopic (exact) mass is 764 g/mol. The normalized spacial score (nSPS) is 37.1. The molecule has 6 rings (SSSR count). The summed E-state index contributed by atoms with van der Waals surface area (Å²) in [5, 5.41) is 92.5. The summed E-state index contributed by atoms with van der Waals surface area (Å²) in [6, 6.07) is 7.38. The minimum atomic E-state index is -1.92. The lowest BCUT2D eigenvalue weighted by Gasteiger charge is -2.48. The number of phenols is 3. The van der Waals surface area contributed by atoms with Crippen LogP contribution < -0.4 is 10.2 Å². The molecule has 294 valence electrons. The second-order valence-corrected chi connectivity index (χ2v) is 13.3. The number of aliphatic hydroxyl groups is 6. The average molecular weight is 765 g/mol. The van der Waals surface area contributed by atoms with Crippen LogP contribution in [0.4, 0.5) is 0 Å². The Kier molecular flexibility index (Phi) is 11.6. The number of fused-ring (bicyclic) bond motifs is 1. The lowest BCUT2D eigenvalue weighted by molar-refractivity contribution is -0.368. The van der Waals surface area contributed by atoms with Crippen molar-refractivity contribution in [2.24, 2.45) is 11.8 Å².